The number of carbonyl (C=O) groups excluding carboxylic acids is 1. The number of amides is 1. The molecule has 2 atom stereocenters. The van der Waals surface area contributed by atoms with E-state index in [2.05, 4.69) is 5.32 Å². The van der Waals surface area contributed by atoms with Crippen molar-refractivity contribution in [2.24, 2.45) is 0 Å². The van der Waals surface area contributed by atoms with Gasteiger partial charge in [-0.1, -0.05) is 6.07 Å². The van der Waals surface area contributed by atoms with E-state index in [0.717, 1.165) is 6.07 Å². The second-order valence-electron chi connectivity index (χ2n) is 3.89. The lowest BCUT2D eigenvalue weighted by molar-refractivity contribution is -0.120. The van der Waals surface area contributed by atoms with Crippen LogP contribution in [0.3, 0.4) is 0 Å². The Morgan fingerprint density at radius 3 is 2.81 bits per heavy atom. The Labute approximate surface area is 91.7 Å². The molecule has 1 aliphatic heterocycles. The molecule has 3 N–H and O–H groups in total. The van der Waals surface area contributed by atoms with Gasteiger partial charge in [-0.25, -0.2) is 4.39 Å². The van der Waals surface area contributed by atoms with Gasteiger partial charge in [0.15, 0.2) is 11.6 Å². The van der Waals surface area contributed by atoms with E-state index >= 15 is 0 Å². The number of aliphatic hydroxyl groups excluding tert-OH is 1. The van der Waals surface area contributed by atoms with Gasteiger partial charge in [0.25, 0.3) is 0 Å². The predicted molar refractivity (Wildman–Crippen MR) is 54.4 cm³/mol. The summed E-state index contributed by atoms with van der Waals surface area (Å²) in [5.74, 6) is -1.84. The Hall–Kier alpha value is -1.62. The zero-order chi connectivity index (χ0) is 11.7. The number of phenolic OH excluding ortho intramolecular Hbond substituents is 1. The van der Waals surface area contributed by atoms with E-state index in [4.69, 9.17) is 10.2 Å². The third-order valence-corrected chi connectivity index (χ3v) is 2.78. The Kier molecular flexibility index (Phi) is 2.78. The van der Waals surface area contributed by atoms with E-state index in [-0.39, 0.29) is 18.6 Å². The molecule has 0 aliphatic carbocycles. The first kappa shape index (κ1) is 10.9. The summed E-state index contributed by atoms with van der Waals surface area (Å²) in [7, 11) is 0. The molecule has 2 rings (SSSR count). The number of carbonyl (C=O) groups is 1. The van der Waals surface area contributed by atoms with Crippen molar-refractivity contribution in [3.8, 4) is 5.75 Å². The molecular weight excluding hydrogens is 213 g/mol. The predicted octanol–water partition coefficient (Wildman–Crippen LogP) is 0.496. The molecule has 0 bridgehead atoms. The van der Waals surface area contributed by atoms with Crippen LogP contribution < -0.4 is 5.32 Å². The molecule has 0 spiro atoms. The smallest absolute Gasteiger partial charge is 0.227 e. The van der Waals surface area contributed by atoms with Crippen LogP contribution >= 0.6 is 0 Å². The van der Waals surface area contributed by atoms with E-state index < -0.39 is 17.5 Å². The second-order valence-corrected chi connectivity index (χ2v) is 3.89. The first-order valence-electron chi connectivity index (χ1n) is 5.01. The molecule has 1 amide bonds. The number of aliphatic hydroxyl groups is 1. The molecule has 1 fully saturated rings. The molecule has 1 aliphatic rings. The summed E-state index contributed by atoms with van der Waals surface area (Å²) >= 11 is 0. The van der Waals surface area contributed by atoms with Gasteiger partial charge in [-0.15, -0.1) is 0 Å². The lowest BCUT2D eigenvalue weighted by Crippen LogP contribution is -2.28. The largest absolute Gasteiger partial charge is 0.505 e. The highest BCUT2D eigenvalue weighted by Crippen LogP contribution is 2.29. The van der Waals surface area contributed by atoms with Gasteiger partial charge in [0.2, 0.25) is 5.91 Å². The summed E-state index contributed by atoms with van der Waals surface area (Å²) in [6.45, 7) is -0.122. The van der Waals surface area contributed by atoms with Gasteiger partial charge in [-0.05, 0) is 24.1 Å². The fourth-order valence-electron chi connectivity index (χ4n) is 1.90. The van der Waals surface area contributed by atoms with Crippen LogP contribution in [0.1, 0.15) is 17.9 Å². The minimum absolute atomic E-state index is 0.122. The molecule has 86 valence electrons. The Bertz CT molecular complexity index is 422. The van der Waals surface area contributed by atoms with Gasteiger partial charge in [0, 0.05) is 0 Å². The Morgan fingerprint density at radius 2 is 2.25 bits per heavy atom. The topological polar surface area (TPSA) is 69.6 Å². The number of halogens is 1. The van der Waals surface area contributed by atoms with Crippen molar-refractivity contribution in [1.29, 1.82) is 0 Å². The van der Waals surface area contributed by atoms with Crippen molar-refractivity contribution in [1.82, 2.24) is 5.32 Å². The maximum Gasteiger partial charge on any atom is 0.227 e. The van der Waals surface area contributed by atoms with Crippen LogP contribution in [0, 0.1) is 5.82 Å². The quantitative estimate of drug-likeness (QED) is 0.686. The number of aromatic hydroxyl groups is 1. The zero-order valence-corrected chi connectivity index (χ0v) is 8.48. The number of hydrogen-bond acceptors (Lipinski definition) is 3. The van der Waals surface area contributed by atoms with Gasteiger partial charge in [-0.2, -0.15) is 0 Å². The van der Waals surface area contributed by atoms with Crippen molar-refractivity contribution in [2.45, 2.75) is 18.4 Å². The second kappa shape index (κ2) is 4.09. The van der Waals surface area contributed by atoms with Crippen molar-refractivity contribution in [3.05, 3.63) is 29.6 Å². The van der Waals surface area contributed by atoms with Gasteiger partial charge in [-0.3, -0.25) is 4.79 Å². The molecule has 1 aromatic rings. The molecule has 4 nitrogen and oxygen atoms in total. The average Bonchev–Trinajstić information content (AvgIpc) is 2.64. The first-order chi connectivity index (χ1) is 7.61. The summed E-state index contributed by atoms with van der Waals surface area (Å²) < 4.78 is 13.1. The standard InChI is InChI=1S/C11H12FNO3/c12-9-3-6(1-2-10(9)15)8-4-7(5-14)13-11(8)16/h1-3,7-8,14-15H,4-5H2,(H,13,16)/t7?,8-/m1/s1. The van der Waals surface area contributed by atoms with Crippen LogP contribution in [0.15, 0.2) is 18.2 Å². The fraction of sp³-hybridized carbons (Fsp3) is 0.364. The summed E-state index contributed by atoms with van der Waals surface area (Å²) in [6, 6.07) is 3.63. The van der Waals surface area contributed by atoms with Gasteiger partial charge >= 0.3 is 0 Å². The third kappa shape index (κ3) is 1.86. The molecule has 1 heterocycles. The van der Waals surface area contributed by atoms with Crippen LogP contribution in [-0.2, 0) is 4.79 Å². The van der Waals surface area contributed by atoms with E-state index in [1.54, 1.807) is 0 Å². The molecule has 1 aromatic carbocycles. The van der Waals surface area contributed by atoms with E-state index in [0.29, 0.717) is 12.0 Å². The van der Waals surface area contributed by atoms with Crippen molar-refractivity contribution < 1.29 is 19.4 Å². The lowest BCUT2D eigenvalue weighted by Gasteiger charge is -2.07. The van der Waals surface area contributed by atoms with Gasteiger partial charge in [0.05, 0.1) is 18.6 Å². The van der Waals surface area contributed by atoms with Crippen LogP contribution in [0.4, 0.5) is 4.39 Å². The van der Waals surface area contributed by atoms with Crippen LogP contribution in [0.2, 0.25) is 0 Å². The lowest BCUT2D eigenvalue weighted by atomic mass is 9.95. The third-order valence-electron chi connectivity index (χ3n) is 2.78. The molecule has 1 unspecified atom stereocenters. The number of benzene rings is 1. The maximum atomic E-state index is 13.1. The van der Waals surface area contributed by atoms with Crippen LogP contribution in [0.5, 0.6) is 5.75 Å². The number of hydrogen-bond donors (Lipinski definition) is 3. The van der Waals surface area contributed by atoms with Crippen molar-refractivity contribution >= 4 is 5.91 Å². The highest BCUT2D eigenvalue weighted by atomic mass is 19.1. The highest BCUT2D eigenvalue weighted by molar-refractivity contribution is 5.86. The molecular formula is C11H12FNO3. The van der Waals surface area contributed by atoms with E-state index in [9.17, 15) is 9.18 Å². The molecule has 0 radical (unpaired) electrons. The summed E-state index contributed by atoms with van der Waals surface area (Å²) in [5.41, 5.74) is 0.517. The van der Waals surface area contributed by atoms with E-state index in [1.165, 1.54) is 12.1 Å². The summed E-state index contributed by atoms with van der Waals surface area (Å²) in [4.78, 5) is 11.5. The van der Waals surface area contributed by atoms with Gasteiger partial charge < -0.3 is 15.5 Å². The maximum absolute atomic E-state index is 13.1. The summed E-state index contributed by atoms with van der Waals surface area (Å²) in [5, 5.41) is 20.6. The molecule has 0 aromatic heterocycles. The average molecular weight is 225 g/mol. The zero-order valence-electron chi connectivity index (χ0n) is 8.48. The van der Waals surface area contributed by atoms with Crippen molar-refractivity contribution in [2.75, 3.05) is 6.61 Å². The normalized spacial score (nSPS) is 24.5. The minimum atomic E-state index is -0.738. The SMILES string of the molecule is O=C1NC(CO)C[C@@H]1c1ccc(O)c(F)c1. The monoisotopic (exact) mass is 225 g/mol. The molecule has 5 heteroatoms. The number of rotatable bonds is 2. The van der Waals surface area contributed by atoms with Gasteiger partial charge in [0.1, 0.15) is 0 Å². The number of phenols is 1. The van der Waals surface area contributed by atoms with Crippen LogP contribution in [-0.4, -0.2) is 28.8 Å². The van der Waals surface area contributed by atoms with E-state index in [1.807, 2.05) is 0 Å². The number of nitrogens with one attached hydrogen (secondary N) is 1. The van der Waals surface area contributed by atoms with Crippen LogP contribution in [0.25, 0.3) is 0 Å². The van der Waals surface area contributed by atoms with Crippen molar-refractivity contribution in [3.63, 3.8) is 0 Å². The highest BCUT2D eigenvalue weighted by Gasteiger charge is 2.32. The Morgan fingerprint density at radius 1 is 1.50 bits per heavy atom. The fourth-order valence-corrected chi connectivity index (χ4v) is 1.90. The summed E-state index contributed by atoms with van der Waals surface area (Å²) in [6.07, 6.45) is 0.444. The first-order valence-corrected chi connectivity index (χ1v) is 5.01. The Balaban J connectivity index is 2.24. The molecule has 1 saturated heterocycles. The molecule has 0 saturated carbocycles. The minimum Gasteiger partial charge on any atom is -0.505 e. The molecule has 16 heavy (non-hydrogen) atoms.